The molecule has 1 aliphatic rings. The molecule has 0 atom stereocenters. The maximum Gasteiger partial charge on any atom is 0.275 e. The molecule has 4 rings (SSSR count). The number of hydrogen-bond donors (Lipinski definition) is 0. The van der Waals surface area contributed by atoms with E-state index < -0.39 is 0 Å². The van der Waals surface area contributed by atoms with Crippen molar-refractivity contribution in [2.45, 2.75) is 25.7 Å². The number of piperidine rings is 1. The monoisotopic (exact) mass is 365 g/mol. The second kappa shape index (κ2) is 7.53. The summed E-state index contributed by atoms with van der Waals surface area (Å²) >= 11 is 0. The van der Waals surface area contributed by atoms with Crippen molar-refractivity contribution in [1.82, 2.24) is 24.8 Å². The quantitative estimate of drug-likeness (QED) is 0.701. The maximum absolute atomic E-state index is 12.5. The SMILES string of the molecule is Cc1nc(C(=O)N2CCC(c3nccnc3Oc3cccnc3)CC2)co1. The molecule has 3 aromatic rings. The molecule has 8 nitrogen and oxygen atoms in total. The van der Waals surface area contributed by atoms with Crippen molar-refractivity contribution in [1.29, 1.82) is 0 Å². The molecule has 1 amide bonds. The van der Waals surface area contributed by atoms with Crippen LogP contribution in [-0.4, -0.2) is 43.8 Å². The number of aryl methyl sites for hydroxylation is 1. The van der Waals surface area contributed by atoms with E-state index in [1.54, 1.807) is 42.7 Å². The Kier molecular flexibility index (Phi) is 4.78. The highest BCUT2D eigenvalue weighted by Crippen LogP contribution is 2.33. The van der Waals surface area contributed by atoms with Gasteiger partial charge in [-0.2, -0.15) is 0 Å². The first-order valence-corrected chi connectivity index (χ1v) is 8.81. The van der Waals surface area contributed by atoms with E-state index in [0.717, 1.165) is 18.5 Å². The predicted molar refractivity (Wildman–Crippen MR) is 95.5 cm³/mol. The molecule has 1 aliphatic heterocycles. The largest absolute Gasteiger partial charge is 0.448 e. The van der Waals surface area contributed by atoms with Crippen LogP contribution in [0.2, 0.25) is 0 Å². The Balaban J connectivity index is 1.45. The van der Waals surface area contributed by atoms with E-state index in [1.165, 1.54) is 6.26 Å². The zero-order valence-electron chi connectivity index (χ0n) is 14.9. The average Bonchev–Trinajstić information content (AvgIpc) is 3.15. The molecule has 0 unspecified atom stereocenters. The van der Waals surface area contributed by atoms with Crippen molar-refractivity contribution in [3.8, 4) is 11.6 Å². The number of ether oxygens (including phenoxy) is 1. The first-order valence-electron chi connectivity index (χ1n) is 8.81. The fourth-order valence-corrected chi connectivity index (χ4v) is 3.19. The lowest BCUT2D eigenvalue weighted by molar-refractivity contribution is 0.0705. The third-order valence-corrected chi connectivity index (χ3v) is 4.55. The van der Waals surface area contributed by atoms with E-state index in [-0.39, 0.29) is 11.8 Å². The number of rotatable bonds is 4. The molecule has 0 aliphatic carbocycles. The number of hydrogen-bond acceptors (Lipinski definition) is 7. The van der Waals surface area contributed by atoms with Crippen molar-refractivity contribution in [2.24, 2.45) is 0 Å². The molecule has 8 heteroatoms. The van der Waals surface area contributed by atoms with Crippen LogP contribution < -0.4 is 4.74 Å². The molecule has 1 fully saturated rings. The second-order valence-electron chi connectivity index (χ2n) is 6.36. The summed E-state index contributed by atoms with van der Waals surface area (Å²) in [4.78, 5) is 31.3. The molecule has 27 heavy (non-hydrogen) atoms. The van der Waals surface area contributed by atoms with Gasteiger partial charge in [0.15, 0.2) is 11.6 Å². The summed E-state index contributed by atoms with van der Waals surface area (Å²) in [5.74, 6) is 1.67. The van der Waals surface area contributed by atoms with Crippen LogP contribution in [0.5, 0.6) is 11.6 Å². The van der Waals surface area contributed by atoms with Gasteiger partial charge >= 0.3 is 0 Å². The molecule has 3 aromatic heterocycles. The Labute approximate surface area is 156 Å². The lowest BCUT2D eigenvalue weighted by Crippen LogP contribution is -2.38. The predicted octanol–water partition coefficient (Wildman–Crippen LogP) is 2.98. The van der Waals surface area contributed by atoms with Gasteiger partial charge in [-0.1, -0.05) is 0 Å². The fraction of sp³-hybridized carbons (Fsp3) is 0.316. The Morgan fingerprint density at radius 3 is 2.74 bits per heavy atom. The molecule has 1 saturated heterocycles. The van der Waals surface area contributed by atoms with Gasteiger partial charge in [0.1, 0.15) is 17.7 Å². The van der Waals surface area contributed by atoms with E-state index in [4.69, 9.17) is 9.15 Å². The number of carbonyl (C=O) groups excluding carboxylic acids is 1. The topological polar surface area (TPSA) is 94.2 Å². The van der Waals surface area contributed by atoms with Crippen molar-refractivity contribution in [2.75, 3.05) is 13.1 Å². The first kappa shape index (κ1) is 17.1. The van der Waals surface area contributed by atoms with Gasteiger partial charge < -0.3 is 14.1 Å². The lowest BCUT2D eigenvalue weighted by atomic mass is 9.93. The third-order valence-electron chi connectivity index (χ3n) is 4.55. The molecule has 4 heterocycles. The third kappa shape index (κ3) is 3.79. The highest BCUT2D eigenvalue weighted by molar-refractivity contribution is 5.92. The average molecular weight is 365 g/mol. The van der Waals surface area contributed by atoms with Crippen LogP contribution in [0.25, 0.3) is 0 Å². The van der Waals surface area contributed by atoms with Crippen LogP contribution in [0.1, 0.15) is 40.8 Å². The highest BCUT2D eigenvalue weighted by Gasteiger charge is 2.29. The Morgan fingerprint density at radius 1 is 1.22 bits per heavy atom. The van der Waals surface area contributed by atoms with Gasteiger partial charge in [-0.25, -0.2) is 9.97 Å². The van der Waals surface area contributed by atoms with Gasteiger partial charge in [0, 0.05) is 44.5 Å². The van der Waals surface area contributed by atoms with Crippen LogP contribution >= 0.6 is 0 Å². The van der Waals surface area contributed by atoms with E-state index in [2.05, 4.69) is 19.9 Å². The van der Waals surface area contributed by atoms with Crippen LogP contribution in [0.3, 0.4) is 0 Å². The van der Waals surface area contributed by atoms with Gasteiger partial charge in [0.05, 0.1) is 6.20 Å². The number of aromatic nitrogens is 4. The Bertz CT molecular complexity index is 920. The lowest BCUT2D eigenvalue weighted by Gasteiger charge is -2.31. The fourth-order valence-electron chi connectivity index (χ4n) is 3.19. The van der Waals surface area contributed by atoms with Crippen molar-refractivity contribution in [3.05, 3.63) is 60.5 Å². The van der Waals surface area contributed by atoms with Crippen LogP contribution in [0.4, 0.5) is 0 Å². The number of oxazole rings is 1. The molecule has 0 spiro atoms. The summed E-state index contributed by atoms with van der Waals surface area (Å²) < 4.78 is 11.0. The number of carbonyl (C=O) groups is 1. The van der Waals surface area contributed by atoms with E-state index >= 15 is 0 Å². The molecule has 0 radical (unpaired) electrons. The normalized spacial score (nSPS) is 14.9. The van der Waals surface area contributed by atoms with Gasteiger partial charge in [0.25, 0.3) is 5.91 Å². The minimum absolute atomic E-state index is 0.101. The van der Waals surface area contributed by atoms with Gasteiger partial charge in [-0.05, 0) is 25.0 Å². The van der Waals surface area contributed by atoms with E-state index in [0.29, 0.717) is 36.3 Å². The minimum Gasteiger partial charge on any atom is -0.448 e. The van der Waals surface area contributed by atoms with Gasteiger partial charge in [-0.3, -0.25) is 14.8 Å². The maximum atomic E-state index is 12.5. The van der Waals surface area contributed by atoms with E-state index in [9.17, 15) is 4.79 Å². The van der Waals surface area contributed by atoms with Gasteiger partial charge in [0.2, 0.25) is 5.88 Å². The van der Waals surface area contributed by atoms with Crippen LogP contribution in [-0.2, 0) is 0 Å². The summed E-state index contributed by atoms with van der Waals surface area (Å²) in [5, 5.41) is 0. The molecular weight excluding hydrogens is 346 g/mol. The number of nitrogens with zero attached hydrogens (tertiary/aromatic N) is 5. The highest BCUT2D eigenvalue weighted by atomic mass is 16.5. The minimum atomic E-state index is -0.101. The summed E-state index contributed by atoms with van der Waals surface area (Å²) in [6, 6.07) is 3.63. The van der Waals surface area contributed by atoms with E-state index in [1.807, 2.05) is 6.07 Å². The first-order chi connectivity index (χ1) is 13.2. The van der Waals surface area contributed by atoms with Crippen molar-refractivity contribution in [3.63, 3.8) is 0 Å². The summed E-state index contributed by atoms with van der Waals surface area (Å²) in [6.07, 6.45) is 9.58. The zero-order valence-corrected chi connectivity index (χ0v) is 14.9. The summed E-state index contributed by atoms with van der Waals surface area (Å²) in [6.45, 7) is 2.97. The van der Waals surface area contributed by atoms with Crippen LogP contribution in [0, 0.1) is 6.92 Å². The Morgan fingerprint density at radius 2 is 2.04 bits per heavy atom. The molecular formula is C19H19N5O3. The van der Waals surface area contributed by atoms with Crippen LogP contribution in [0.15, 0.2) is 47.6 Å². The summed E-state index contributed by atoms with van der Waals surface area (Å²) in [5.41, 5.74) is 1.16. The Hall–Kier alpha value is -3.29. The second-order valence-corrected chi connectivity index (χ2v) is 6.36. The van der Waals surface area contributed by atoms with Crippen molar-refractivity contribution < 1.29 is 13.9 Å². The smallest absolute Gasteiger partial charge is 0.275 e. The number of likely N-dealkylation sites (tertiary alicyclic amines) is 1. The molecule has 0 bridgehead atoms. The number of amides is 1. The standard InChI is InChI=1S/C19H19N5O3/c1-13-23-16(12-26-13)19(25)24-9-4-14(5-10-24)17-18(22-8-7-21-17)27-15-3-2-6-20-11-15/h2-3,6-8,11-12,14H,4-5,9-10H2,1H3. The summed E-state index contributed by atoms with van der Waals surface area (Å²) in [7, 11) is 0. The zero-order chi connectivity index (χ0) is 18.6. The molecule has 138 valence electrons. The molecule has 0 aromatic carbocycles. The number of pyridine rings is 1. The van der Waals surface area contributed by atoms with Gasteiger partial charge in [-0.15, -0.1) is 0 Å². The van der Waals surface area contributed by atoms with Crippen molar-refractivity contribution >= 4 is 5.91 Å². The molecule has 0 saturated carbocycles. The molecule has 0 N–H and O–H groups in total.